The molecule has 0 saturated carbocycles. The van der Waals surface area contributed by atoms with E-state index in [2.05, 4.69) is 5.32 Å². The van der Waals surface area contributed by atoms with Crippen molar-refractivity contribution in [3.63, 3.8) is 0 Å². The van der Waals surface area contributed by atoms with Gasteiger partial charge >= 0.3 is 0 Å². The Bertz CT molecular complexity index is 835. The van der Waals surface area contributed by atoms with Crippen molar-refractivity contribution in [3.05, 3.63) is 89.9 Å². The highest BCUT2D eigenvalue weighted by molar-refractivity contribution is 7.80. The van der Waals surface area contributed by atoms with Gasteiger partial charge < -0.3 is 14.6 Å². The van der Waals surface area contributed by atoms with E-state index in [0.717, 1.165) is 0 Å². The van der Waals surface area contributed by atoms with E-state index in [1.807, 2.05) is 6.07 Å². The molecule has 0 aliphatic heterocycles. The fourth-order valence-electron chi connectivity index (χ4n) is 2.36. The molecule has 1 aromatic heterocycles. The van der Waals surface area contributed by atoms with Crippen LogP contribution in [0.25, 0.3) is 0 Å². The summed E-state index contributed by atoms with van der Waals surface area (Å²) in [5, 5.41) is 3.44. The highest BCUT2D eigenvalue weighted by Gasteiger charge is 2.15. The second-order valence-electron chi connectivity index (χ2n) is 5.46. The predicted octanol–water partition coefficient (Wildman–Crippen LogP) is 4.96. The minimum atomic E-state index is -0.324. The summed E-state index contributed by atoms with van der Waals surface area (Å²) >= 11 is 5.46. The lowest BCUT2D eigenvalue weighted by Crippen LogP contribution is -2.34. The van der Waals surface area contributed by atoms with Gasteiger partial charge in [0.2, 0.25) is 0 Å². The van der Waals surface area contributed by atoms with Crippen molar-refractivity contribution in [3.8, 4) is 0 Å². The molecule has 25 heavy (non-hydrogen) atoms. The second kappa shape index (κ2) is 7.90. The molecule has 1 heterocycles. The van der Waals surface area contributed by atoms with Crippen LogP contribution in [-0.4, -0.2) is 10.0 Å². The normalized spacial score (nSPS) is 10.5. The van der Waals surface area contributed by atoms with Gasteiger partial charge in [0.25, 0.3) is 0 Å². The Kier molecular flexibility index (Phi) is 5.40. The van der Waals surface area contributed by atoms with Gasteiger partial charge in [-0.3, -0.25) is 0 Å². The van der Waals surface area contributed by atoms with Crippen LogP contribution in [0.3, 0.4) is 0 Å². The molecule has 0 radical (unpaired) electrons. The quantitative estimate of drug-likeness (QED) is 0.653. The van der Waals surface area contributed by atoms with E-state index < -0.39 is 0 Å². The highest BCUT2D eigenvalue weighted by atomic mass is 32.1. The third-order valence-electron chi connectivity index (χ3n) is 3.63. The van der Waals surface area contributed by atoms with Gasteiger partial charge in [-0.25, -0.2) is 8.78 Å². The van der Waals surface area contributed by atoms with Crippen molar-refractivity contribution in [2.24, 2.45) is 0 Å². The lowest BCUT2D eigenvalue weighted by atomic mass is 10.2. The van der Waals surface area contributed by atoms with Crippen molar-refractivity contribution in [2.45, 2.75) is 13.1 Å². The van der Waals surface area contributed by atoms with E-state index in [9.17, 15) is 8.78 Å². The molecular weight excluding hydrogens is 342 g/mol. The van der Waals surface area contributed by atoms with Crippen LogP contribution in [0.4, 0.5) is 14.5 Å². The van der Waals surface area contributed by atoms with E-state index in [1.54, 1.807) is 47.6 Å². The Hall–Kier alpha value is -2.73. The molecule has 3 rings (SSSR count). The Labute approximate surface area is 149 Å². The first kappa shape index (κ1) is 17.1. The average molecular weight is 358 g/mol. The molecule has 0 aliphatic carbocycles. The number of furan rings is 1. The first-order valence-electron chi connectivity index (χ1n) is 7.69. The first-order chi connectivity index (χ1) is 12.1. The summed E-state index contributed by atoms with van der Waals surface area (Å²) < 4.78 is 32.4. The number of anilines is 1. The molecule has 0 fully saturated rings. The van der Waals surface area contributed by atoms with Crippen LogP contribution in [0, 0.1) is 11.6 Å². The van der Waals surface area contributed by atoms with Crippen LogP contribution in [0.15, 0.2) is 71.3 Å². The molecule has 0 spiro atoms. The van der Waals surface area contributed by atoms with Crippen molar-refractivity contribution >= 4 is 23.0 Å². The van der Waals surface area contributed by atoms with Gasteiger partial charge in [0.05, 0.1) is 12.8 Å². The van der Waals surface area contributed by atoms with E-state index >= 15 is 0 Å². The number of nitrogens with zero attached hydrogens (tertiary/aromatic N) is 1. The maximum atomic E-state index is 14.0. The van der Waals surface area contributed by atoms with Crippen molar-refractivity contribution in [2.75, 3.05) is 5.32 Å². The van der Waals surface area contributed by atoms with E-state index in [-0.39, 0.29) is 18.2 Å². The van der Waals surface area contributed by atoms with Crippen LogP contribution < -0.4 is 5.32 Å². The molecule has 0 bridgehead atoms. The summed E-state index contributed by atoms with van der Waals surface area (Å²) in [5.41, 5.74) is 1.18. The lowest BCUT2D eigenvalue weighted by molar-refractivity contribution is 0.355. The molecular formula is C19H16F2N2OS. The molecule has 128 valence electrons. The smallest absolute Gasteiger partial charge is 0.174 e. The number of hydrogen-bond acceptors (Lipinski definition) is 2. The van der Waals surface area contributed by atoms with Gasteiger partial charge in [-0.2, -0.15) is 0 Å². The topological polar surface area (TPSA) is 28.4 Å². The van der Waals surface area contributed by atoms with Crippen LogP contribution >= 0.6 is 12.2 Å². The molecule has 0 unspecified atom stereocenters. The zero-order valence-electron chi connectivity index (χ0n) is 13.3. The van der Waals surface area contributed by atoms with Crippen molar-refractivity contribution in [1.29, 1.82) is 0 Å². The summed E-state index contributed by atoms with van der Waals surface area (Å²) in [6, 6.07) is 16.0. The SMILES string of the molecule is Fc1ccc(NC(=S)N(Cc2ccco2)Cc2ccccc2F)cc1. The Balaban J connectivity index is 1.78. The monoisotopic (exact) mass is 358 g/mol. The summed E-state index contributed by atoms with van der Waals surface area (Å²) in [4.78, 5) is 1.79. The number of nitrogens with one attached hydrogen (secondary N) is 1. The molecule has 0 amide bonds. The van der Waals surface area contributed by atoms with Crippen molar-refractivity contribution in [1.82, 2.24) is 4.90 Å². The van der Waals surface area contributed by atoms with Gasteiger partial charge in [0.15, 0.2) is 5.11 Å². The molecule has 0 aliphatic rings. The van der Waals surface area contributed by atoms with E-state index in [0.29, 0.717) is 28.7 Å². The minimum absolute atomic E-state index is 0.278. The number of benzene rings is 2. The molecule has 2 aromatic carbocycles. The Morgan fingerprint density at radius 3 is 2.40 bits per heavy atom. The summed E-state index contributed by atoms with van der Waals surface area (Å²) in [5.74, 6) is 0.0892. The molecule has 3 nitrogen and oxygen atoms in total. The maximum absolute atomic E-state index is 14.0. The molecule has 6 heteroatoms. The number of thiocarbonyl (C=S) groups is 1. The maximum Gasteiger partial charge on any atom is 0.174 e. The van der Waals surface area contributed by atoms with Crippen LogP contribution in [0.2, 0.25) is 0 Å². The minimum Gasteiger partial charge on any atom is -0.467 e. The van der Waals surface area contributed by atoms with Gasteiger partial charge in [0.1, 0.15) is 17.4 Å². The predicted molar refractivity (Wildman–Crippen MR) is 97.0 cm³/mol. The fourth-order valence-corrected chi connectivity index (χ4v) is 2.61. The third-order valence-corrected chi connectivity index (χ3v) is 3.99. The van der Waals surface area contributed by atoms with Gasteiger partial charge in [0, 0.05) is 17.8 Å². The number of halogens is 2. The van der Waals surface area contributed by atoms with Crippen LogP contribution in [0.5, 0.6) is 0 Å². The van der Waals surface area contributed by atoms with Gasteiger partial charge in [-0.05, 0) is 54.7 Å². The summed E-state index contributed by atoms with van der Waals surface area (Å²) in [6.45, 7) is 0.661. The van der Waals surface area contributed by atoms with Gasteiger partial charge in [-0.15, -0.1) is 0 Å². The van der Waals surface area contributed by atoms with Crippen LogP contribution in [-0.2, 0) is 13.1 Å². The van der Waals surface area contributed by atoms with Crippen LogP contribution in [0.1, 0.15) is 11.3 Å². The average Bonchev–Trinajstić information content (AvgIpc) is 3.11. The fraction of sp³-hybridized carbons (Fsp3) is 0.105. The standard InChI is InChI=1S/C19H16F2N2OS/c20-15-7-9-16(10-8-15)22-19(25)23(13-17-5-3-11-24-17)12-14-4-1-2-6-18(14)21/h1-11H,12-13H2,(H,22,25). The zero-order chi connectivity index (χ0) is 17.6. The molecule has 1 N–H and O–H groups in total. The highest BCUT2D eigenvalue weighted by Crippen LogP contribution is 2.16. The van der Waals surface area contributed by atoms with E-state index in [4.69, 9.17) is 16.6 Å². The number of rotatable bonds is 5. The Morgan fingerprint density at radius 2 is 1.72 bits per heavy atom. The second-order valence-corrected chi connectivity index (χ2v) is 5.85. The first-order valence-corrected chi connectivity index (χ1v) is 8.10. The summed E-state index contributed by atoms with van der Waals surface area (Å²) in [7, 11) is 0. The van der Waals surface area contributed by atoms with Gasteiger partial charge in [-0.1, -0.05) is 18.2 Å². The van der Waals surface area contributed by atoms with Crippen molar-refractivity contribution < 1.29 is 13.2 Å². The third kappa shape index (κ3) is 4.64. The lowest BCUT2D eigenvalue weighted by Gasteiger charge is -2.25. The summed E-state index contributed by atoms with van der Waals surface area (Å²) in [6.07, 6.45) is 1.58. The molecule has 0 atom stereocenters. The molecule has 0 saturated heterocycles. The number of hydrogen-bond donors (Lipinski definition) is 1. The molecule has 3 aromatic rings. The Morgan fingerprint density at radius 1 is 0.960 bits per heavy atom. The largest absolute Gasteiger partial charge is 0.467 e. The van der Waals surface area contributed by atoms with E-state index in [1.165, 1.54) is 18.2 Å². The zero-order valence-corrected chi connectivity index (χ0v) is 14.1.